The number of hydrogen-bond acceptors (Lipinski definition) is 4. The van der Waals surface area contributed by atoms with Crippen molar-refractivity contribution in [1.82, 2.24) is 4.98 Å². The number of rotatable bonds is 5. The van der Waals surface area contributed by atoms with Gasteiger partial charge in [0.25, 0.3) is 5.69 Å². The van der Waals surface area contributed by atoms with E-state index in [9.17, 15) is 23.3 Å². The predicted octanol–water partition coefficient (Wildman–Crippen LogP) is 6.44. The van der Waals surface area contributed by atoms with Crippen molar-refractivity contribution in [3.63, 3.8) is 0 Å². The molecule has 156 valence electrons. The zero-order valence-corrected chi connectivity index (χ0v) is 16.1. The smallest absolute Gasteiger partial charge is 0.379 e. The van der Waals surface area contributed by atoms with Crippen LogP contribution >= 0.6 is 0 Å². The van der Waals surface area contributed by atoms with Gasteiger partial charge in [-0.2, -0.15) is 13.2 Å². The van der Waals surface area contributed by atoms with E-state index in [1.807, 2.05) is 36.4 Å². The zero-order chi connectivity index (χ0) is 21.2. The lowest BCUT2D eigenvalue weighted by atomic mass is 9.89. The molecule has 0 bridgehead atoms. The molecular formula is C21H23F3N2O3. The molecule has 8 heteroatoms. The summed E-state index contributed by atoms with van der Waals surface area (Å²) in [7, 11) is 1.54. The highest BCUT2D eigenvalue weighted by Crippen LogP contribution is 2.34. The van der Waals surface area contributed by atoms with Crippen LogP contribution in [-0.4, -0.2) is 23.7 Å². The van der Waals surface area contributed by atoms with Crippen molar-refractivity contribution in [3.05, 3.63) is 58.2 Å². The number of pyridine rings is 1. The maximum absolute atomic E-state index is 11.6. The van der Waals surface area contributed by atoms with Crippen molar-refractivity contribution in [2.45, 2.75) is 38.8 Å². The van der Waals surface area contributed by atoms with Crippen molar-refractivity contribution < 1.29 is 22.8 Å². The van der Waals surface area contributed by atoms with Gasteiger partial charge in [0.15, 0.2) is 5.69 Å². The number of methoxy groups -OCH3 is 1. The third kappa shape index (κ3) is 6.89. The number of allylic oxidation sites excluding steroid dienone is 1. The van der Waals surface area contributed by atoms with E-state index >= 15 is 0 Å². The van der Waals surface area contributed by atoms with Gasteiger partial charge in [-0.3, -0.25) is 10.1 Å². The lowest BCUT2D eigenvalue weighted by Crippen LogP contribution is -2.03. The minimum Gasteiger partial charge on any atom is -0.481 e. The number of nitro groups is 1. The molecule has 1 aromatic carbocycles. The largest absolute Gasteiger partial charge is 0.481 e. The maximum atomic E-state index is 11.6. The lowest BCUT2D eigenvalue weighted by Gasteiger charge is -2.17. The van der Waals surface area contributed by atoms with Crippen molar-refractivity contribution in [2.75, 3.05) is 7.11 Å². The highest BCUT2D eigenvalue weighted by molar-refractivity contribution is 5.73. The van der Waals surface area contributed by atoms with Crippen molar-refractivity contribution in [1.29, 1.82) is 0 Å². The fourth-order valence-corrected chi connectivity index (χ4v) is 3.30. The Hall–Kier alpha value is -2.90. The average Bonchev–Trinajstić information content (AvgIpc) is 2.72. The highest BCUT2D eigenvalue weighted by Gasteiger charge is 2.21. The van der Waals surface area contributed by atoms with E-state index in [1.165, 1.54) is 32.1 Å². The average molecular weight is 408 g/mol. The molecule has 1 saturated carbocycles. The van der Waals surface area contributed by atoms with E-state index in [4.69, 9.17) is 4.74 Å². The van der Waals surface area contributed by atoms with E-state index in [1.54, 1.807) is 13.2 Å². The molecule has 5 nitrogen and oxygen atoms in total. The molecule has 0 unspecified atom stereocenters. The van der Waals surface area contributed by atoms with Gasteiger partial charge < -0.3 is 4.74 Å². The summed E-state index contributed by atoms with van der Waals surface area (Å²) in [5, 5.41) is 11.6. The molecule has 1 fully saturated rings. The predicted molar refractivity (Wildman–Crippen MR) is 106 cm³/mol. The number of aromatic nitrogens is 1. The summed E-state index contributed by atoms with van der Waals surface area (Å²) in [5.74, 6) is 0.947. The van der Waals surface area contributed by atoms with Gasteiger partial charge in [-0.15, -0.1) is 0 Å². The first-order chi connectivity index (χ1) is 13.9. The lowest BCUT2D eigenvalue weighted by molar-refractivity contribution is -0.384. The van der Waals surface area contributed by atoms with E-state index in [2.05, 4.69) is 11.1 Å². The van der Waals surface area contributed by atoms with Gasteiger partial charge in [-0.05, 0) is 18.8 Å². The zero-order valence-electron chi connectivity index (χ0n) is 16.1. The number of alkyl halides is 3. The number of benzene rings is 1. The first kappa shape index (κ1) is 22.4. The van der Waals surface area contributed by atoms with Crippen LogP contribution in [0.25, 0.3) is 17.3 Å². The first-order valence-corrected chi connectivity index (χ1v) is 9.31. The van der Waals surface area contributed by atoms with E-state index in [0.29, 0.717) is 28.6 Å². The number of ether oxygens (including phenoxy) is 1. The van der Waals surface area contributed by atoms with Gasteiger partial charge in [0.2, 0.25) is 5.88 Å². The van der Waals surface area contributed by atoms with Gasteiger partial charge in [0.05, 0.1) is 12.0 Å². The summed E-state index contributed by atoms with van der Waals surface area (Å²) in [4.78, 5) is 15.6. The Morgan fingerprint density at radius 3 is 2.34 bits per heavy atom. The standard InChI is InChI=1S/C20H22N2O3.CHF3/c1-25-20-17(13-12-15-8-4-2-5-9-15)14-18(22(23)24)19(21-20)16-10-6-3-7-11-16;2-1(3)4/h3,6-7,10-15H,2,4-5,8-9H2,1H3;1H/b13-12+;. The molecule has 1 aliphatic rings. The molecule has 0 spiro atoms. The van der Waals surface area contributed by atoms with Crippen LogP contribution < -0.4 is 4.74 Å². The quantitative estimate of drug-likeness (QED) is 0.422. The highest BCUT2D eigenvalue weighted by atomic mass is 19.4. The van der Waals surface area contributed by atoms with Crippen LogP contribution in [0.5, 0.6) is 5.88 Å². The third-order valence-electron chi connectivity index (χ3n) is 4.63. The molecule has 0 radical (unpaired) electrons. The summed E-state index contributed by atoms with van der Waals surface area (Å²) in [6, 6.07) is 10.7. The fourth-order valence-electron chi connectivity index (χ4n) is 3.30. The fraction of sp³-hybridized carbons (Fsp3) is 0.381. The topological polar surface area (TPSA) is 65.3 Å². The molecule has 0 atom stereocenters. The van der Waals surface area contributed by atoms with E-state index < -0.39 is 6.68 Å². The van der Waals surface area contributed by atoms with Crippen LogP contribution in [-0.2, 0) is 0 Å². The molecule has 2 aromatic rings. The SMILES string of the molecule is COc1nc(-c2ccccc2)c([N+](=O)[O-])cc1/C=C/C1CCCCC1.FC(F)F. The molecule has 29 heavy (non-hydrogen) atoms. The molecule has 0 saturated heterocycles. The van der Waals surface area contributed by atoms with Crippen LogP contribution in [0, 0.1) is 16.0 Å². The molecule has 0 aliphatic heterocycles. The Balaban J connectivity index is 0.000000687. The Labute approximate surface area is 167 Å². The van der Waals surface area contributed by atoms with Crippen molar-refractivity contribution in [2.24, 2.45) is 5.92 Å². The van der Waals surface area contributed by atoms with E-state index in [0.717, 1.165) is 0 Å². The summed E-state index contributed by atoms with van der Waals surface area (Å²) in [5.41, 5.74) is 1.68. The minimum absolute atomic E-state index is 0.00436. The second-order valence-corrected chi connectivity index (χ2v) is 6.58. The number of hydrogen-bond donors (Lipinski definition) is 0. The third-order valence-corrected chi connectivity index (χ3v) is 4.63. The normalized spacial score (nSPS) is 14.5. The van der Waals surface area contributed by atoms with Gasteiger partial charge in [0, 0.05) is 17.2 Å². The second-order valence-electron chi connectivity index (χ2n) is 6.58. The Bertz CT molecular complexity index is 821. The van der Waals surface area contributed by atoms with Crippen molar-refractivity contribution in [3.8, 4) is 17.1 Å². The second kappa shape index (κ2) is 11.2. The van der Waals surface area contributed by atoms with Gasteiger partial charge >= 0.3 is 6.68 Å². The molecule has 0 N–H and O–H groups in total. The minimum atomic E-state index is -3.67. The Morgan fingerprint density at radius 2 is 1.79 bits per heavy atom. The summed E-state index contributed by atoms with van der Waals surface area (Å²) < 4.78 is 34.4. The number of halogens is 3. The molecular weight excluding hydrogens is 385 g/mol. The number of nitrogens with zero attached hydrogens (tertiary/aromatic N) is 2. The van der Waals surface area contributed by atoms with Crippen LogP contribution in [0.1, 0.15) is 37.7 Å². The molecule has 0 amide bonds. The first-order valence-electron chi connectivity index (χ1n) is 9.31. The van der Waals surface area contributed by atoms with Gasteiger partial charge in [-0.1, -0.05) is 61.7 Å². The Kier molecular flexibility index (Phi) is 8.64. The molecule has 1 heterocycles. The van der Waals surface area contributed by atoms with Gasteiger partial charge in [0.1, 0.15) is 0 Å². The monoisotopic (exact) mass is 408 g/mol. The molecule has 1 aromatic heterocycles. The Morgan fingerprint density at radius 1 is 1.17 bits per heavy atom. The van der Waals surface area contributed by atoms with Crippen LogP contribution in [0.2, 0.25) is 0 Å². The van der Waals surface area contributed by atoms with Crippen molar-refractivity contribution >= 4 is 11.8 Å². The van der Waals surface area contributed by atoms with Gasteiger partial charge in [-0.25, -0.2) is 4.98 Å². The van der Waals surface area contributed by atoms with Crippen LogP contribution in [0.3, 0.4) is 0 Å². The van der Waals surface area contributed by atoms with E-state index in [-0.39, 0.29) is 10.6 Å². The van der Waals surface area contributed by atoms with Crippen LogP contribution in [0.15, 0.2) is 42.5 Å². The summed E-state index contributed by atoms with van der Waals surface area (Å²) >= 11 is 0. The summed E-state index contributed by atoms with van der Waals surface area (Å²) in [6.07, 6.45) is 10.2. The van der Waals surface area contributed by atoms with Crippen LogP contribution in [0.4, 0.5) is 18.9 Å². The summed E-state index contributed by atoms with van der Waals surface area (Å²) in [6.45, 7) is -3.67. The molecule has 3 rings (SSSR count). The maximum Gasteiger partial charge on any atom is 0.379 e. The molecule has 1 aliphatic carbocycles.